The van der Waals surface area contributed by atoms with Crippen LogP contribution in [-0.2, 0) is 0 Å². The van der Waals surface area contributed by atoms with Crippen LogP contribution in [0.5, 0.6) is 11.5 Å². The highest BCUT2D eigenvalue weighted by Crippen LogP contribution is 2.32. The van der Waals surface area contributed by atoms with Gasteiger partial charge in [-0.05, 0) is 69.9 Å². The van der Waals surface area contributed by atoms with Gasteiger partial charge < -0.3 is 14.4 Å². The van der Waals surface area contributed by atoms with Gasteiger partial charge in [0.2, 0.25) is 0 Å². The summed E-state index contributed by atoms with van der Waals surface area (Å²) in [4.78, 5) is 22.0. The summed E-state index contributed by atoms with van der Waals surface area (Å²) in [7, 11) is 4.00. The quantitative estimate of drug-likeness (QED) is 0.339. The largest absolute Gasteiger partial charge is 0.494 e. The fourth-order valence-electron chi connectivity index (χ4n) is 3.24. The van der Waals surface area contributed by atoms with Crippen molar-refractivity contribution in [2.24, 2.45) is 0 Å². The first-order chi connectivity index (χ1) is 15.5. The van der Waals surface area contributed by atoms with E-state index in [1.807, 2.05) is 63.5 Å². The summed E-state index contributed by atoms with van der Waals surface area (Å²) in [5, 5.41) is 0.695. The van der Waals surface area contributed by atoms with Crippen LogP contribution in [0.25, 0.3) is 10.2 Å². The van der Waals surface area contributed by atoms with E-state index >= 15 is 0 Å². The highest BCUT2D eigenvalue weighted by Gasteiger charge is 2.21. The standard InChI is InChI=1S/C25H33N3O3S/c1-5-7-8-17-31-20-11-9-19(10-12-20)24(29)28(16-15-27(3)4)25-26-22-14-13-21(30-6-2)18-23(22)32-25/h9-14,18H,5-8,15-17H2,1-4H3. The number of likely N-dealkylation sites (N-methyl/N-ethyl adjacent to an activating group) is 1. The number of carbonyl (C=O) groups excluding carboxylic acids is 1. The maximum atomic E-state index is 13.4. The number of amides is 1. The summed E-state index contributed by atoms with van der Waals surface area (Å²) in [6.07, 6.45) is 3.36. The van der Waals surface area contributed by atoms with E-state index in [4.69, 9.17) is 14.5 Å². The molecule has 2 aromatic carbocycles. The molecular formula is C25H33N3O3S. The molecule has 0 saturated carbocycles. The molecule has 6 nitrogen and oxygen atoms in total. The van der Waals surface area contributed by atoms with Gasteiger partial charge in [-0.3, -0.25) is 9.69 Å². The van der Waals surface area contributed by atoms with E-state index in [1.165, 1.54) is 11.3 Å². The van der Waals surface area contributed by atoms with Gasteiger partial charge in [-0.1, -0.05) is 31.1 Å². The molecule has 1 aromatic heterocycles. The molecule has 0 unspecified atom stereocenters. The van der Waals surface area contributed by atoms with Gasteiger partial charge in [0.1, 0.15) is 11.5 Å². The van der Waals surface area contributed by atoms with Crippen LogP contribution in [0.2, 0.25) is 0 Å². The van der Waals surface area contributed by atoms with Gasteiger partial charge in [0.15, 0.2) is 5.13 Å². The minimum absolute atomic E-state index is 0.0616. The second-order valence-electron chi connectivity index (χ2n) is 7.90. The number of hydrogen-bond donors (Lipinski definition) is 0. The summed E-state index contributed by atoms with van der Waals surface area (Å²) < 4.78 is 12.4. The lowest BCUT2D eigenvalue weighted by Crippen LogP contribution is -2.36. The normalized spacial score (nSPS) is 11.2. The Morgan fingerprint density at radius 1 is 0.969 bits per heavy atom. The molecule has 0 aliphatic heterocycles. The molecule has 0 N–H and O–H groups in total. The number of ether oxygens (including phenoxy) is 2. The topological polar surface area (TPSA) is 54.9 Å². The van der Waals surface area contributed by atoms with Crippen LogP contribution in [-0.4, -0.2) is 56.2 Å². The van der Waals surface area contributed by atoms with E-state index in [1.54, 1.807) is 4.90 Å². The Labute approximate surface area is 194 Å². The zero-order chi connectivity index (χ0) is 22.9. The number of rotatable bonds is 12. The first-order valence-electron chi connectivity index (χ1n) is 11.2. The van der Waals surface area contributed by atoms with Crippen molar-refractivity contribution >= 4 is 32.6 Å². The number of unbranched alkanes of at least 4 members (excludes halogenated alkanes) is 2. The summed E-state index contributed by atoms with van der Waals surface area (Å²) in [6, 6.07) is 13.3. The van der Waals surface area contributed by atoms with Crippen LogP contribution in [0, 0.1) is 0 Å². The minimum Gasteiger partial charge on any atom is -0.494 e. The van der Waals surface area contributed by atoms with Crippen molar-refractivity contribution in [2.45, 2.75) is 33.1 Å². The van der Waals surface area contributed by atoms with E-state index in [0.29, 0.717) is 30.5 Å². The van der Waals surface area contributed by atoms with Crippen molar-refractivity contribution in [3.8, 4) is 11.5 Å². The van der Waals surface area contributed by atoms with Gasteiger partial charge in [-0.15, -0.1) is 0 Å². The number of thiazole rings is 1. The third-order valence-corrected chi connectivity index (χ3v) is 6.07. The van der Waals surface area contributed by atoms with Crippen molar-refractivity contribution < 1.29 is 14.3 Å². The van der Waals surface area contributed by atoms with Crippen LogP contribution >= 0.6 is 11.3 Å². The van der Waals surface area contributed by atoms with Crippen LogP contribution < -0.4 is 14.4 Å². The second-order valence-corrected chi connectivity index (χ2v) is 8.91. The maximum Gasteiger partial charge on any atom is 0.260 e. The Morgan fingerprint density at radius 2 is 1.72 bits per heavy atom. The summed E-state index contributed by atoms with van der Waals surface area (Å²) >= 11 is 1.51. The van der Waals surface area contributed by atoms with Gasteiger partial charge in [0.25, 0.3) is 5.91 Å². The summed E-state index contributed by atoms with van der Waals surface area (Å²) in [5.41, 5.74) is 1.49. The number of hydrogen-bond acceptors (Lipinski definition) is 6. The van der Waals surface area contributed by atoms with Gasteiger partial charge in [-0.2, -0.15) is 0 Å². The SMILES string of the molecule is CCCCCOc1ccc(C(=O)N(CCN(C)C)c2nc3ccc(OCC)cc3s2)cc1. The number of nitrogens with zero attached hydrogens (tertiary/aromatic N) is 3. The molecule has 0 spiro atoms. The molecule has 7 heteroatoms. The zero-order valence-corrected chi connectivity index (χ0v) is 20.3. The van der Waals surface area contributed by atoms with Crippen LogP contribution in [0.15, 0.2) is 42.5 Å². The lowest BCUT2D eigenvalue weighted by atomic mass is 10.2. The molecule has 0 saturated heterocycles. The minimum atomic E-state index is -0.0616. The van der Waals surface area contributed by atoms with E-state index in [-0.39, 0.29) is 5.91 Å². The molecule has 1 heterocycles. The number of fused-ring (bicyclic) bond motifs is 1. The predicted molar refractivity (Wildman–Crippen MR) is 132 cm³/mol. The highest BCUT2D eigenvalue weighted by atomic mass is 32.1. The van der Waals surface area contributed by atoms with Crippen molar-refractivity contribution in [1.82, 2.24) is 9.88 Å². The molecule has 32 heavy (non-hydrogen) atoms. The van der Waals surface area contributed by atoms with Gasteiger partial charge in [0.05, 0.1) is 23.4 Å². The molecular weight excluding hydrogens is 422 g/mol. The van der Waals surface area contributed by atoms with Crippen molar-refractivity contribution in [3.05, 3.63) is 48.0 Å². The molecule has 0 atom stereocenters. The molecule has 3 aromatic rings. The molecule has 172 valence electrons. The Hall–Kier alpha value is -2.64. The molecule has 0 aliphatic carbocycles. The molecule has 0 fully saturated rings. The van der Waals surface area contributed by atoms with Crippen molar-refractivity contribution in [2.75, 3.05) is 45.3 Å². The van der Waals surface area contributed by atoms with Crippen LogP contribution in [0.4, 0.5) is 5.13 Å². The predicted octanol–water partition coefficient (Wildman–Crippen LogP) is 5.47. The number of aromatic nitrogens is 1. The fraction of sp³-hybridized carbons (Fsp3) is 0.440. The lowest BCUT2D eigenvalue weighted by molar-refractivity contribution is 0.0985. The highest BCUT2D eigenvalue weighted by molar-refractivity contribution is 7.22. The van der Waals surface area contributed by atoms with Crippen molar-refractivity contribution in [1.29, 1.82) is 0 Å². The maximum absolute atomic E-state index is 13.4. The summed E-state index contributed by atoms with van der Waals surface area (Å²) in [5.74, 6) is 1.55. The summed E-state index contributed by atoms with van der Waals surface area (Å²) in [6.45, 7) is 6.75. The third-order valence-electron chi connectivity index (χ3n) is 5.02. The van der Waals surface area contributed by atoms with E-state index < -0.39 is 0 Å². The van der Waals surface area contributed by atoms with Gasteiger partial charge >= 0.3 is 0 Å². The third kappa shape index (κ3) is 6.43. The molecule has 3 rings (SSSR count). The van der Waals surface area contributed by atoms with E-state index in [2.05, 4.69) is 11.8 Å². The smallest absolute Gasteiger partial charge is 0.260 e. The fourth-order valence-corrected chi connectivity index (χ4v) is 4.26. The second kappa shape index (κ2) is 11.8. The number of anilines is 1. The van der Waals surface area contributed by atoms with Crippen LogP contribution in [0.1, 0.15) is 43.5 Å². The van der Waals surface area contributed by atoms with Crippen molar-refractivity contribution in [3.63, 3.8) is 0 Å². The average Bonchev–Trinajstić information content (AvgIpc) is 3.20. The Bertz CT molecular complexity index is 1000. The molecule has 0 radical (unpaired) electrons. The van der Waals surface area contributed by atoms with Gasteiger partial charge in [-0.25, -0.2) is 4.98 Å². The van der Waals surface area contributed by atoms with E-state index in [0.717, 1.165) is 47.5 Å². The molecule has 0 aliphatic rings. The first kappa shape index (κ1) is 24.0. The Kier molecular flexibility index (Phi) is 8.88. The number of carbonyl (C=O) groups is 1. The van der Waals surface area contributed by atoms with E-state index in [9.17, 15) is 4.79 Å². The lowest BCUT2D eigenvalue weighted by Gasteiger charge is -2.22. The Balaban J connectivity index is 1.80. The molecule has 1 amide bonds. The Morgan fingerprint density at radius 3 is 2.41 bits per heavy atom. The van der Waals surface area contributed by atoms with Gasteiger partial charge in [0, 0.05) is 18.7 Å². The average molecular weight is 456 g/mol. The number of benzene rings is 2. The monoisotopic (exact) mass is 455 g/mol. The molecule has 0 bridgehead atoms. The van der Waals surface area contributed by atoms with Crippen LogP contribution in [0.3, 0.4) is 0 Å². The zero-order valence-electron chi connectivity index (χ0n) is 19.5. The first-order valence-corrected chi connectivity index (χ1v) is 12.1.